The molecule has 3 nitrogen and oxygen atoms in total. The van der Waals surface area contributed by atoms with Crippen molar-refractivity contribution in [1.82, 2.24) is 9.80 Å². The molecular formula is C29H48N2OS. The molecule has 4 heteroatoms. The fourth-order valence-electron chi connectivity index (χ4n) is 5.66. The highest BCUT2D eigenvalue weighted by Gasteiger charge is 2.34. The van der Waals surface area contributed by atoms with Gasteiger partial charge in [0.05, 0.1) is 4.99 Å². The second-order valence-corrected chi connectivity index (χ2v) is 11.7. The fraction of sp³-hybridized carbons (Fsp3) is 0.724. The van der Waals surface area contributed by atoms with E-state index in [4.69, 9.17) is 0 Å². The lowest BCUT2D eigenvalue weighted by Gasteiger charge is -2.42. The number of aliphatic hydroxyl groups is 1. The van der Waals surface area contributed by atoms with Crippen molar-refractivity contribution in [3.8, 4) is 0 Å². The average Bonchev–Trinajstić information content (AvgIpc) is 3.02. The smallest absolute Gasteiger partial charge is 0.132 e. The Kier molecular flexibility index (Phi) is 10.1. The first-order chi connectivity index (χ1) is 15.8. The van der Waals surface area contributed by atoms with E-state index in [0.29, 0.717) is 17.0 Å². The minimum Gasteiger partial charge on any atom is -0.351 e. The van der Waals surface area contributed by atoms with Crippen LogP contribution in [0.4, 0.5) is 0 Å². The van der Waals surface area contributed by atoms with Crippen molar-refractivity contribution in [3.63, 3.8) is 0 Å². The molecule has 0 aromatic carbocycles. The van der Waals surface area contributed by atoms with Crippen molar-refractivity contribution < 1.29 is 5.11 Å². The number of allylic oxidation sites excluding steroid dienone is 4. The summed E-state index contributed by atoms with van der Waals surface area (Å²) >= 11 is 0. The summed E-state index contributed by atoms with van der Waals surface area (Å²) in [6, 6.07) is 0.517. The van der Waals surface area contributed by atoms with E-state index in [-0.39, 0.29) is 0 Å². The lowest BCUT2D eigenvalue weighted by molar-refractivity contribution is 0.290. The summed E-state index contributed by atoms with van der Waals surface area (Å²) < 4.78 is 0. The predicted octanol–water partition coefficient (Wildman–Crippen LogP) is 7.52. The molecule has 1 saturated carbocycles. The maximum Gasteiger partial charge on any atom is 0.132 e. The quantitative estimate of drug-likeness (QED) is 0.306. The predicted molar refractivity (Wildman–Crippen MR) is 148 cm³/mol. The van der Waals surface area contributed by atoms with Gasteiger partial charge in [0.2, 0.25) is 0 Å². The molecule has 1 saturated heterocycles. The van der Waals surface area contributed by atoms with Gasteiger partial charge in [0.25, 0.3) is 0 Å². The van der Waals surface area contributed by atoms with E-state index in [2.05, 4.69) is 63.6 Å². The van der Waals surface area contributed by atoms with Crippen molar-refractivity contribution in [2.45, 2.75) is 105 Å². The van der Waals surface area contributed by atoms with E-state index in [9.17, 15) is 5.11 Å². The molecule has 0 radical (unpaired) electrons. The molecule has 0 bridgehead atoms. The van der Waals surface area contributed by atoms with E-state index < -0.39 is 0 Å². The Bertz CT molecular complexity index is 838. The maximum absolute atomic E-state index is 11.1. The van der Waals surface area contributed by atoms with Crippen LogP contribution >= 0.6 is 10.9 Å². The standard InChI is InChI=1S/C29H48N2OS/c1-7-9-11-24(8-2)22(4)20-27-23(5)29(32)33-28(25-15-13-21(3)14-16-25)31(27)26-12-10-18-30(6)19-17-26/h11,20-21,25-26,32H,7-10,12-19H2,1-6H3/b22-20+,24-11+. The summed E-state index contributed by atoms with van der Waals surface area (Å²) in [4.78, 5) is 6.62. The zero-order chi connectivity index (χ0) is 24.0. The van der Waals surface area contributed by atoms with Gasteiger partial charge in [0, 0.05) is 23.2 Å². The number of rotatable bonds is 7. The molecule has 0 amide bonds. The topological polar surface area (TPSA) is 26.7 Å². The Morgan fingerprint density at radius 2 is 1.82 bits per heavy atom. The number of hydrogen-bond acceptors (Lipinski definition) is 2. The van der Waals surface area contributed by atoms with Gasteiger partial charge in [-0.2, -0.15) is 0 Å². The maximum atomic E-state index is 11.1. The molecule has 33 heavy (non-hydrogen) atoms. The van der Waals surface area contributed by atoms with Crippen LogP contribution in [0.2, 0.25) is 0 Å². The summed E-state index contributed by atoms with van der Waals surface area (Å²) in [6.07, 6.45) is 17.0. The zero-order valence-corrected chi connectivity index (χ0v) is 22.9. The van der Waals surface area contributed by atoms with Gasteiger partial charge in [-0.3, -0.25) is 0 Å². The Morgan fingerprint density at radius 3 is 2.48 bits per heavy atom. The van der Waals surface area contributed by atoms with Crippen molar-refractivity contribution >= 4 is 21.0 Å². The summed E-state index contributed by atoms with van der Waals surface area (Å²) in [5.74, 6) is 1.41. The first-order valence-corrected chi connectivity index (χ1v) is 14.3. The van der Waals surface area contributed by atoms with Crippen molar-refractivity contribution in [2.24, 2.45) is 11.8 Å². The zero-order valence-electron chi connectivity index (χ0n) is 22.1. The molecule has 1 atom stereocenters. The fourth-order valence-corrected chi connectivity index (χ4v) is 6.86. The van der Waals surface area contributed by atoms with Crippen molar-refractivity contribution in [3.05, 3.63) is 34.6 Å². The van der Waals surface area contributed by atoms with Gasteiger partial charge in [-0.1, -0.05) is 57.0 Å². The normalized spacial score (nSPS) is 28.8. The minimum absolute atomic E-state index is 0.514. The van der Waals surface area contributed by atoms with E-state index in [1.54, 1.807) is 10.9 Å². The summed E-state index contributed by atoms with van der Waals surface area (Å²) in [6.45, 7) is 13.6. The van der Waals surface area contributed by atoms with Gasteiger partial charge >= 0.3 is 0 Å². The summed E-state index contributed by atoms with van der Waals surface area (Å²) in [7, 11) is 3.93. The van der Waals surface area contributed by atoms with Gasteiger partial charge in [0.15, 0.2) is 0 Å². The highest BCUT2D eigenvalue weighted by atomic mass is 32.1. The molecule has 1 N–H and O–H groups in total. The second kappa shape index (κ2) is 12.6. The number of aliphatic hydroxyl groups excluding tert-OH is 1. The highest BCUT2D eigenvalue weighted by molar-refractivity contribution is 7.98. The lowest BCUT2D eigenvalue weighted by atomic mass is 9.82. The first kappa shape index (κ1) is 26.5. The number of nitrogens with zero attached hydrogens (tertiary/aromatic N) is 2. The van der Waals surface area contributed by atoms with E-state index >= 15 is 0 Å². The van der Waals surface area contributed by atoms with Crippen LogP contribution in [0.25, 0.3) is 0 Å². The molecular weight excluding hydrogens is 424 g/mol. The van der Waals surface area contributed by atoms with E-state index in [0.717, 1.165) is 30.9 Å². The van der Waals surface area contributed by atoms with Crippen LogP contribution in [0.15, 0.2) is 34.6 Å². The minimum atomic E-state index is 0.514. The third-order valence-corrected chi connectivity index (χ3v) is 9.21. The molecule has 2 heterocycles. The Morgan fingerprint density at radius 1 is 1.09 bits per heavy atom. The van der Waals surface area contributed by atoms with Gasteiger partial charge in [-0.25, -0.2) is 0 Å². The Labute approximate surface area is 207 Å². The monoisotopic (exact) mass is 472 g/mol. The average molecular weight is 473 g/mol. The van der Waals surface area contributed by atoms with Crippen LogP contribution in [-0.2, 0) is 0 Å². The Hall–Kier alpha value is -1.10. The van der Waals surface area contributed by atoms with Crippen molar-refractivity contribution in [1.29, 1.82) is 0 Å². The summed E-state index contributed by atoms with van der Waals surface area (Å²) in [5, 5.41) is 11.6. The first-order valence-electron chi connectivity index (χ1n) is 13.5. The molecule has 186 valence electrons. The van der Waals surface area contributed by atoms with Crippen LogP contribution in [-0.4, -0.2) is 51.1 Å². The van der Waals surface area contributed by atoms with Crippen LogP contribution in [0.1, 0.15) is 98.8 Å². The van der Waals surface area contributed by atoms with Crippen molar-refractivity contribution in [2.75, 3.05) is 20.1 Å². The third-order valence-electron chi connectivity index (χ3n) is 7.97. The second-order valence-electron chi connectivity index (χ2n) is 10.7. The van der Waals surface area contributed by atoms with Gasteiger partial charge in [0.1, 0.15) is 5.05 Å². The molecule has 1 unspecified atom stereocenters. The molecule has 3 rings (SSSR count). The SMILES string of the molecule is CCC/C=C(CC)/C(C)=C/C1=C(C)C(O)=S=C(C2CCC(C)CC2)N1C1CCCN(C)CC1. The van der Waals surface area contributed by atoms with E-state index in [1.807, 2.05) is 0 Å². The molecule has 0 aromatic heterocycles. The molecule has 1 aliphatic carbocycles. The molecule has 0 aromatic rings. The van der Waals surface area contributed by atoms with Gasteiger partial charge in [-0.05, 0) is 102 Å². The van der Waals surface area contributed by atoms with Crippen LogP contribution < -0.4 is 0 Å². The summed E-state index contributed by atoms with van der Waals surface area (Å²) in [5.41, 5.74) is 5.11. The number of hydrogen-bond donors (Lipinski definition) is 1. The van der Waals surface area contributed by atoms with Crippen LogP contribution in [0, 0.1) is 11.8 Å². The van der Waals surface area contributed by atoms with Crippen LogP contribution in [0.5, 0.6) is 0 Å². The molecule has 2 aliphatic heterocycles. The largest absolute Gasteiger partial charge is 0.351 e. The molecule has 3 aliphatic rings. The third kappa shape index (κ3) is 6.74. The Balaban J connectivity index is 2.04. The van der Waals surface area contributed by atoms with E-state index in [1.165, 1.54) is 79.7 Å². The van der Waals surface area contributed by atoms with Gasteiger partial charge < -0.3 is 14.9 Å². The lowest BCUT2D eigenvalue weighted by Crippen LogP contribution is -2.45. The van der Waals surface area contributed by atoms with Crippen LogP contribution in [0.3, 0.4) is 0 Å². The number of likely N-dealkylation sites (tertiary alicyclic amines) is 1. The number of unbranched alkanes of at least 4 members (excludes halogenated alkanes) is 1. The van der Waals surface area contributed by atoms with Gasteiger partial charge in [-0.15, -0.1) is 0 Å². The molecule has 2 fully saturated rings. The molecule has 0 spiro atoms. The highest BCUT2D eigenvalue weighted by Crippen LogP contribution is 2.37.